The molecule has 44 heavy (non-hydrogen) atoms. The zero-order valence-corrected chi connectivity index (χ0v) is 25.4. The van der Waals surface area contributed by atoms with Gasteiger partial charge in [-0.25, -0.2) is 4.68 Å². The van der Waals surface area contributed by atoms with Crippen LogP contribution < -0.4 is 11.1 Å². The highest BCUT2D eigenvalue weighted by atomic mass is 35.5. The van der Waals surface area contributed by atoms with Crippen molar-refractivity contribution in [1.82, 2.24) is 29.9 Å². The van der Waals surface area contributed by atoms with Crippen molar-refractivity contribution in [3.05, 3.63) is 77.3 Å². The molecule has 0 radical (unpaired) electrons. The fourth-order valence-electron chi connectivity index (χ4n) is 5.44. The number of carbonyl (C=O) groups is 2. The van der Waals surface area contributed by atoms with Crippen LogP contribution in [0.2, 0.25) is 5.02 Å². The van der Waals surface area contributed by atoms with Crippen molar-refractivity contribution in [3.63, 3.8) is 0 Å². The number of rotatable bonds is 12. The van der Waals surface area contributed by atoms with Crippen LogP contribution in [0.5, 0.6) is 0 Å². The molecule has 0 bridgehead atoms. The Morgan fingerprint density at radius 3 is 2.55 bits per heavy atom. The molecule has 4 N–H and O–H groups in total. The average Bonchev–Trinajstić information content (AvgIpc) is 3.48. The number of primary amides is 1. The van der Waals surface area contributed by atoms with Crippen LogP contribution in [0.15, 0.2) is 61.1 Å². The van der Waals surface area contributed by atoms with E-state index in [1.165, 1.54) is 11.1 Å². The molecule has 1 saturated heterocycles. The topological polar surface area (TPSA) is 130 Å². The van der Waals surface area contributed by atoms with Gasteiger partial charge in [-0.2, -0.15) is 18.3 Å². The molecule has 10 nitrogen and oxygen atoms in total. The third-order valence-electron chi connectivity index (χ3n) is 8.06. The van der Waals surface area contributed by atoms with Gasteiger partial charge in [0.05, 0.1) is 34.7 Å². The number of aliphatic hydroxyl groups is 1. The van der Waals surface area contributed by atoms with Gasteiger partial charge in [0.2, 0.25) is 11.6 Å². The number of hydrogen-bond acceptors (Lipinski definition) is 7. The van der Waals surface area contributed by atoms with Gasteiger partial charge in [0.1, 0.15) is 6.54 Å². The van der Waals surface area contributed by atoms with E-state index in [4.69, 9.17) is 17.3 Å². The second-order valence-corrected chi connectivity index (χ2v) is 12.0. The van der Waals surface area contributed by atoms with Crippen LogP contribution in [-0.2, 0) is 21.5 Å². The summed E-state index contributed by atoms with van der Waals surface area (Å²) in [6.07, 6.45) is 1.38. The Bertz CT molecular complexity index is 1440. The monoisotopic (exact) mass is 635 g/mol. The van der Waals surface area contributed by atoms with Gasteiger partial charge in [0.15, 0.2) is 0 Å². The number of piperazine rings is 1. The third-order valence-corrected chi connectivity index (χ3v) is 8.26. The largest absolute Gasteiger partial charge is 0.405 e. The summed E-state index contributed by atoms with van der Waals surface area (Å²) in [5.74, 6) is -2.09. The fourth-order valence-corrected chi connectivity index (χ4v) is 5.61. The number of β-amino-alcohol motifs (C(OH)–C–C–N with tert-alkyl or cyclic N) is 1. The standard InChI is InChI=1S/C30H37ClF3N7O3/c1-28(2,25-10-12-41(38-25)24-16-23(31)17-36-18-24)40-14-13-39(29(44,20-40)27(43)37-19-30(32,33)34)11-6-9-22(26(35)42)15-21-7-4-3-5-8-21/h3-5,7-8,10,12,16-18,22,44H,6,9,11,13-15,19-20H2,1-2H3,(H2,35,42)(H,37,43). The number of nitrogens with zero attached hydrogens (tertiary/aromatic N) is 5. The summed E-state index contributed by atoms with van der Waals surface area (Å²) in [7, 11) is 0. The van der Waals surface area contributed by atoms with Crippen molar-refractivity contribution < 1.29 is 27.9 Å². The van der Waals surface area contributed by atoms with Gasteiger partial charge < -0.3 is 16.2 Å². The zero-order valence-electron chi connectivity index (χ0n) is 24.6. The van der Waals surface area contributed by atoms with Crippen molar-refractivity contribution in [2.75, 3.05) is 32.7 Å². The Balaban J connectivity index is 1.50. The molecule has 1 fully saturated rings. The summed E-state index contributed by atoms with van der Waals surface area (Å²) in [6.45, 7) is 2.60. The lowest BCUT2D eigenvalue weighted by Crippen LogP contribution is -2.71. The van der Waals surface area contributed by atoms with E-state index in [1.54, 1.807) is 29.2 Å². The predicted molar refractivity (Wildman–Crippen MR) is 159 cm³/mol. The Labute approximate surface area is 259 Å². The summed E-state index contributed by atoms with van der Waals surface area (Å²) < 4.78 is 40.7. The minimum absolute atomic E-state index is 0.166. The van der Waals surface area contributed by atoms with E-state index >= 15 is 0 Å². The highest BCUT2D eigenvalue weighted by Crippen LogP contribution is 2.33. The minimum Gasteiger partial charge on any atom is -0.369 e. The highest BCUT2D eigenvalue weighted by molar-refractivity contribution is 6.30. The van der Waals surface area contributed by atoms with Crippen LogP contribution >= 0.6 is 11.6 Å². The van der Waals surface area contributed by atoms with Gasteiger partial charge in [-0.3, -0.25) is 24.4 Å². The third kappa shape index (κ3) is 8.14. The summed E-state index contributed by atoms with van der Waals surface area (Å²) in [4.78, 5) is 32.7. The van der Waals surface area contributed by atoms with E-state index in [-0.39, 0.29) is 19.6 Å². The summed E-state index contributed by atoms with van der Waals surface area (Å²) in [5.41, 5.74) is 4.74. The van der Waals surface area contributed by atoms with Crippen LogP contribution in [0.3, 0.4) is 0 Å². The second-order valence-electron chi connectivity index (χ2n) is 11.5. The molecule has 2 amide bonds. The van der Waals surface area contributed by atoms with Crippen LogP contribution in [-0.4, -0.2) is 86.1 Å². The molecule has 2 atom stereocenters. The fraction of sp³-hybridized carbons (Fsp3) is 0.467. The molecular formula is C30H37ClF3N7O3. The SMILES string of the molecule is CC(C)(c1ccn(-c2cncc(Cl)c2)n1)N1CCN(CCCC(Cc2ccccc2)C(N)=O)C(O)(C(=O)NCC(F)(F)F)C1. The Kier molecular flexibility index (Phi) is 10.3. The molecule has 3 aromatic rings. The van der Waals surface area contributed by atoms with E-state index in [2.05, 4.69) is 10.1 Å². The Morgan fingerprint density at radius 1 is 1.16 bits per heavy atom. The number of alkyl halides is 3. The van der Waals surface area contributed by atoms with Gasteiger partial charge in [-0.15, -0.1) is 0 Å². The normalized spacial score (nSPS) is 19.1. The van der Waals surface area contributed by atoms with Crippen molar-refractivity contribution >= 4 is 23.4 Å². The maximum Gasteiger partial charge on any atom is 0.405 e. The molecule has 4 rings (SSSR count). The van der Waals surface area contributed by atoms with Gasteiger partial charge in [0.25, 0.3) is 5.91 Å². The van der Waals surface area contributed by atoms with Gasteiger partial charge in [0, 0.05) is 37.9 Å². The smallest absolute Gasteiger partial charge is 0.369 e. The number of aromatic nitrogens is 3. The molecule has 0 spiro atoms. The lowest BCUT2D eigenvalue weighted by Gasteiger charge is -2.50. The summed E-state index contributed by atoms with van der Waals surface area (Å²) >= 11 is 6.07. The van der Waals surface area contributed by atoms with E-state index in [9.17, 15) is 27.9 Å². The number of pyridine rings is 1. The molecule has 1 aromatic carbocycles. The van der Waals surface area contributed by atoms with Gasteiger partial charge in [-0.05, 0) is 50.8 Å². The number of nitrogens with one attached hydrogen (secondary N) is 1. The Hall–Kier alpha value is -3.52. The first-order valence-corrected chi connectivity index (χ1v) is 14.6. The molecule has 1 aliphatic rings. The number of amides is 2. The van der Waals surface area contributed by atoms with Gasteiger partial charge in [-0.1, -0.05) is 41.9 Å². The molecule has 2 unspecified atom stereocenters. The molecular weight excluding hydrogens is 599 g/mol. The van der Waals surface area contributed by atoms with Gasteiger partial charge >= 0.3 is 6.18 Å². The van der Waals surface area contributed by atoms with Crippen LogP contribution in [0, 0.1) is 5.92 Å². The van der Waals surface area contributed by atoms with E-state index in [1.807, 2.05) is 54.4 Å². The second kappa shape index (κ2) is 13.6. The predicted octanol–water partition coefficient (Wildman–Crippen LogP) is 3.26. The van der Waals surface area contributed by atoms with Crippen LogP contribution in [0.1, 0.15) is 37.9 Å². The maximum absolute atomic E-state index is 13.2. The minimum atomic E-state index is -4.65. The number of carbonyl (C=O) groups excluding carboxylic acids is 2. The highest BCUT2D eigenvalue weighted by Gasteiger charge is 2.50. The lowest BCUT2D eigenvalue weighted by molar-refractivity contribution is -0.190. The van der Waals surface area contributed by atoms with Crippen molar-refractivity contribution in [1.29, 1.82) is 0 Å². The van der Waals surface area contributed by atoms with E-state index < -0.39 is 41.7 Å². The van der Waals surface area contributed by atoms with E-state index in [0.29, 0.717) is 42.2 Å². The van der Waals surface area contributed by atoms with E-state index in [0.717, 1.165) is 5.56 Å². The first-order chi connectivity index (χ1) is 20.7. The van der Waals surface area contributed by atoms with Crippen molar-refractivity contribution in [2.24, 2.45) is 11.7 Å². The van der Waals surface area contributed by atoms with Crippen molar-refractivity contribution in [2.45, 2.75) is 50.6 Å². The van der Waals surface area contributed by atoms with Crippen LogP contribution in [0.25, 0.3) is 5.69 Å². The maximum atomic E-state index is 13.2. The number of benzene rings is 1. The molecule has 14 heteroatoms. The summed E-state index contributed by atoms with van der Waals surface area (Å²) in [5, 5.41) is 18.7. The average molecular weight is 636 g/mol. The Morgan fingerprint density at radius 2 is 1.89 bits per heavy atom. The number of halogens is 4. The number of nitrogens with two attached hydrogens (primary N) is 1. The quantitative estimate of drug-likeness (QED) is 0.279. The molecule has 0 aliphatic carbocycles. The first kappa shape index (κ1) is 33.4. The first-order valence-electron chi connectivity index (χ1n) is 14.3. The summed E-state index contributed by atoms with van der Waals surface area (Å²) in [6, 6.07) is 12.9. The molecule has 2 aromatic heterocycles. The molecule has 238 valence electrons. The zero-order chi connectivity index (χ0) is 32.1. The molecule has 3 heterocycles. The molecule has 0 saturated carbocycles. The van der Waals surface area contributed by atoms with Crippen molar-refractivity contribution in [3.8, 4) is 5.69 Å². The lowest BCUT2D eigenvalue weighted by atomic mass is 9.92. The molecule has 1 aliphatic heterocycles. The van der Waals surface area contributed by atoms with Crippen LogP contribution in [0.4, 0.5) is 13.2 Å². The number of hydrogen-bond donors (Lipinski definition) is 3.